The lowest BCUT2D eigenvalue weighted by atomic mass is 9.78. The lowest BCUT2D eigenvalue weighted by Gasteiger charge is -2.35. The number of benzene rings is 1. The molecule has 0 radical (unpaired) electrons. The van der Waals surface area contributed by atoms with Gasteiger partial charge in [0.05, 0.1) is 12.7 Å². The Morgan fingerprint density at radius 2 is 2.03 bits per heavy atom. The average molecular weight is 429 g/mol. The Labute approximate surface area is 183 Å². The van der Waals surface area contributed by atoms with Crippen LogP contribution in [0.15, 0.2) is 30.9 Å². The maximum atomic E-state index is 12.7. The van der Waals surface area contributed by atoms with Gasteiger partial charge in [0.15, 0.2) is 11.5 Å². The van der Waals surface area contributed by atoms with Crippen LogP contribution in [-0.4, -0.2) is 62.6 Å². The van der Waals surface area contributed by atoms with Crippen LogP contribution in [0.25, 0.3) is 0 Å². The number of rotatable bonds is 8. The summed E-state index contributed by atoms with van der Waals surface area (Å²) in [4.78, 5) is 18.6. The molecule has 1 N–H and O–H groups in total. The molecule has 2 heterocycles. The number of hydrogen-bond donors (Lipinski definition) is 1. The van der Waals surface area contributed by atoms with Crippen molar-refractivity contribution in [3.05, 3.63) is 36.4 Å². The zero-order valence-corrected chi connectivity index (χ0v) is 18.3. The third kappa shape index (κ3) is 5.18. The molecule has 1 amide bonds. The number of aliphatic hydroxyl groups is 1. The van der Waals surface area contributed by atoms with Crippen LogP contribution in [0.4, 0.5) is 0 Å². The standard InChI is InChI=1S/C23H32N4O4/c1-3-30-22-9-16(2)6-7-20(22)31-21-11-18-13-26(12-17(18)10-19(21)28)23(29)5-4-8-27-15-24-14-25-27/h6-7,9,14-15,17-19,21,28H,3-5,8,10-13H2,1-2H3/t17-,18+,19+,21+/m0/s1. The normalized spacial score (nSPS) is 25.3. The van der Waals surface area contributed by atoms with Crippen molar-refractivity contribution in [2.75, 3.05) is 19.7 Å². The molecule has 1 aliphatic heterocycles. The first-order valence-electron chi connectivity index (χ1n) is 11.2. The second-order valence-corrected chi connectivity index (χ2v) is 8.66. The maximum absolute atomic E-state index is 12.7. The summed E-state index contributed by atoms with van der Waals surface area (Å²) in [6.07, 6.45) is 5.00. The van der Waals surface area contributed by atoms with E-state index in [9.17, 15) is 9.90 Å². The molecule has 0 bridgehead atoms. The van der Waals surface area contributed by atoms with Crippen LogP contribution in [0.5, 0.6) is 11.5 Å². The van der Waals surface area contributed by atoms with Crippen LogP contribution < -0.4 is 9.47 Å². The third-order valence-corrected chi connectivity index (χ3v) is 6.36. The predicted octanol–water partition coefficient (Wildman–Crippen LogP) is 2.44. The number of ether oxygens (including phenoxy) is 2. The maximum Gasteiger partial charge on any atom is 0.222 e. The number of carbonyl (C=O) groups excluding carboxylic acids is 1. The van der Waals surface area contributed by atoms with E-state index in [2.05, 4.69) is 10.1 Å². The number of carbonyl (C=O) groups is 1. The molecule has 2 aromatic rings. The number of amides is 1. The highest BCUT2D eigenvalue weighted by molar-refractivity contribution is 5.76. The van der Waals surface area contributed by atoms with Crippen molar-refractivity contribution in [3.63, 3.8) is 0 Å². The van der Waals surface area contributed by atoms with Crippen molar-refractivity contribution < 1.29 is 19.4 Å². The van der Waals surface area contributed by atoms with Crippen LogP contribution >= 0.6 is 0 Å². The number of nitrogens with zero attached hydrogens (tertiary/aromatic N) is 4. The van der Waals surface area contributed by atoms with Gasteiger partial charge in [0.25, 0.3) is 0 Å². The van der Waals surface area contributed by atoms with E-state index in [4.69, 9.17) is 9.47 Å². The molecule has 1 aromatic heterocycles. The molecular formula is C23H32N4O4. The summed E-state index contributed by atoms with van der Waals surface area (Å²) >= 11 is 0. The highest BCUT2D eigenvalue weighted by atomic mass is 16.5. The number of likely N-dealkylation sites (tertiary alicyclic amines) is 1. The minimum Gasteiger partial charge on any atom is -0.490 e. The van der Waals surface area contributed by atoms with Gasteiger partial charge in [0.1, 0.15) is 18.8 Å². The van der Waals surface area contributed by atoms with Crippen molar-refractivity contribution >= 4 is 5.91 Å². The monoisotopic (exact) mass is 428 g/mol. The van der Waals surface area contributed by atoms with Gasteiger partial charge in [-0.25, -0.2) is 4.98 Å². The summed E-state index contributed by atoms with van der Waals surface area (Å²) in [6.45, 7) is 6.69. The summed E-state index contributed by atoms with van der Waals surface area (Å²) < 4.78 is 13.7. The Bertz CT molecular complexity index is 872. The fraction of sp³-hybridized carbons (Fsp3) is 0.609. The smallest absolute Gasteiger partial charge is 0.222 e. The molecular weight excluding hydrogens is 396 g/mol. The zero-order valence-electron chi connectivity index (χ0n) is 18.3. The lowest BCUT2D eigenvalue weighted by Crippen LogP contribution is -2.42. The van der Waals surface area contributed by atoms with Crippen LogP contribution in [0.2, 0.25) is 0 Å². The van der Waals surface area contributed by atoms with Gasteiger partial charge in [0, 0.05) is 26.1 Å². The Morgan fingerprint density at radius 1 is 1.23 bits per heavy atom. The highest BCUT2D eigenvalue weighted by Crippen LogP contribution is 2.39. The topological polar surface area (TPSA) is 89.7 Å². The summed E-state index contributed by atoms with van der Waals surface area (Å²) in [5.41, 5.74) is 1.11. The quantitative estimate of drug-likeness (QED) is 0.695. The van der Waals surface area contributed by atoms with Gasteiger partial charge in [-0.15, -0.1) is 0 Å². The van der Waals surface area contributed by atoms with E-state index in [-0.39, 0.29) is 12.0 Å². The van der Waals surface area contributed by atoms with E-state index < -0.39 is 6.10 Å². The first-order chi connectivity index (χ1) is 15.0. The fourth-order valence-corrected chi connectivity index (χ4v) is 4.76. The molecule has 1 saturated heterocycles. The second kappa shape index (κ2) is 9.68. The van der Waals surface area contributed by atoms with Gasteiger partial charge in [-0.3, -0.25) is 9.48 Å². The molecule has 4 atom stereocenters. The Balaban J connectivity index is 1.32. The lowest BCUT2D eigenvalue weighted by molar-refractivity contribution is -0.130. The van der Waals surface area contributed by atoms with Crippen LogP contribution in [0, 0.1) is 18.8 Å². The van der Waals surface area contributed by atoms with Gasteiger partial charge in [-0.05, 0) is 62.6 Å². The molecule has 1 saturated carbocycles. The van der Waals surface area contributed by atoms with Gasteiger partial charge < -0.3 is 19.5 Å². The highest BCUT2D eigenvalue weighted by Gasteiger charge is 2.43. The summed E-state index contributed by atoms with van der Waals surface area (Å²) in [6, 6.07) is 5.87. The number of aromatic nitrogens is 3. The SMILES string of the molecule is CCOc1cc(C)ccc1O[C@@H]1C[C@@H]2CN(C(=O)CCCn3cncn3)C[C@@H]2C[C@H]1O. The van der Waals surface area contributed by atoms with E-state index in [0.29, 0.717) is 49.3 Å². The molecule has 168 valence electrons. The number of hydrogen-bond acceptors (Lipinski definition) is 6. The molecule has 2 fully saturated rings. The van der Waals surface area contributed by atoms with E-state index >= 15 is 0 Å². The van der Waals surface area contributed by atoms with Crippen LogP contribution in [0.1, 0.15) is 38.2 Å². The Hall–Kier alpha value is -2.61. The molecule has 0 spiro atoms. The Kier molecular flexibility index (Phi) is 6.75. The summed E-state index contributed by atoms with van der Waals surface area (Å²) in [5, 5.41) is 14.8. The van der Waals surface area contributed by atoms with E-state index in [0.717, 1.165) is 31.5 Å². The number of aryl methyl sites for hydroxylation is 2. The van der Waals surface area contributed by atoms with E-state index in [1.54, 1.807) is 11.0 Å². The molecule has 8 heteroatoms. The first kappa shape index (κ1) is 21.6. The number of fused-ring (bicyclic) bond motifs is 1. The molecule has 2 aliphatic rings. The number of aliphatic hydroxyl groups excluding tert-OH is 1. The van der Waals surface area contributed by atoms with Gasteiger partial charge >= 0.3 is 0 Å². The van der Waals surface area contributed by atoms with Crippen molar-refractivity contribution in [2.45, 2.75) is 58.3 Å². The van der Waals surface area contributed by atoms with Crippen LogP contribution in [-0.2, 0) is 11.3 Å². The van der Waals surface area contributed by atoms with Gasteiger partial charge in [-0.1, -0.05) is 6.07 Å². The molecule has 0 unspecified atom stereocenters. The van der Waals surface area contributed by atoms with Gasteiger partial charge in [0.2, 0.25) is 5.91 Å². The van der Waals surface area contributed by atoms with E-state index in [1.165, 1.54) is 6.33 Å². The van der Waals surface area contributed by atoms with Crippen molar-refractivity contribution in [1.29, 1.82) is 0 Å². The first-order valence-corrected chi connectivity index (χ1v) is 11.2. The van der Waals surface area contributed by atoms with Crippen molar-refractivity contribution in [1.82, 2.24) is 19.7 Å². The predicted molar refractivity (Wildman–Crippen MR) is 115 cm³/mol. The van der Waals surface area contributed by atoms with Crippen LogP contribution in [0.3, 0.4) is 0 Å². The molecule has 31 heavy (non-hydrogen) atoms. The second-order valence-electron chi connectivity index (χ2n) is 8.66. The Morgan fingerprint density at radius 3 is 2.77 bits per heavy atom. The largest absolute Gasteiger partial charge is 0.490 e. The third-order valence-electron chi connectivity index (χ3n) is 6.36. The van der Waals surface area contributed by atoms with Crippen molar-refractivity contribution in [2.24, 2.45) is 11.8 Å². The van der Waals surface area contributed by atoms with Crippen molar-refractivity contribution in [3.8, 4) is 11.5 Å². The van der Waals surface area contributed by atoms with Gasteiger partial charge in [-0.2, -0.15) is 5.10 Å². The minimum atomic E-state index is -0.542. The molecule has 4 rings (SSSR count). The minimum absolute atomic E-state index is 0.179. The fourth-order valence-electron chi connectivity index (χ4n) is 4.76. The summed E-state index contributed by atoms with van der Waals surface area (Å²) in [7, 11) is 0. The molecule has 1 aromatic carbocycles. The zero-order chi connectivity index (χ0) is 21.8. The molecule has 1 aliphatic carbocycles. The van der Waals surface area contributed by atoms with E-state index in [1.807, 2.05) is 36.9 Å². The summed E-state index contributed by atoms with van der Waals surface area (Å²) in [5.74, 6) is 2.26. The molecule has 8 nitrogen and oxygen atoms in total. The average Bonchev–Trinajstić information content (AvgIpc) is 3.40.